The van der Waals surface area contributed by atoms with Gasteiger partial charge < -0.3 is 4.98 Å². The van der Waals surface area contributed by atoms with Crippen LogP contribution >= 0.6 is 11.3 Å². The number of thiophene rings is 1. The number of aromatic amines is 1. The van der Waals surface area contributed by atoms with Gasteiger partial charge in [0, 0.05) is 41.1 Å². The molecular weight excluding hydrogens is 324 g/mol. The van der Waals surface area contributed by atoms with Crippen LogP contribution in [0.25, 0.3) is 16.5 Å². The number of nitrogens with zero attached hydrogens (tertiary/aromatic N) is 1. The fourth-order valence-corrected chi connectivity index (χ4v) is 5.32. The first-order chi connectivity index (χ1) is 12.4. The fourth-order valence-electron chi connectivity index (χ4n) is 4.52. The number of hydrogen-bond acceptors (Lipinski definition) is 2. The van der Waals surface area contributed by atoms with Crippen molar-refractivity contribution in [1.29, 1.82) is 0 Å². The summed E-state index contributed by atoms with van der Waals surface area (Å²) in [5.74, 6) is 0.795. The van der Waals surface area contributed by atoms with Gasteiger partial charge in [0.05, 0.1) is 0 Å². The van der Waals surface area contributed by atoms with Crippen LogP contribution in [0.1, 0.15) is 29.0 Å². The number of para-hydroxylation sites is 1. The van der Waals surface area contributed by atoms with Gasteiger partial charge in [0.2, 0.25) is 0 Å². The average molecular weight is 349 g/mol. The zero-order chi connectivity index (χ0) is 16.6. The highest BCUT2D eigenvalue weighted by molar-refractivity contribution is 7.11. The van der Waals surface area contributed by atoms with E-state index in [4.69, 9.17) is 0 Å². The van der Waals surface area contributed by atoms with Gasteiger partial charge in [-0.1, -0.05) is 30.3 Å². The third kappa shape index (κ3) is 2.96. The molecule has 3 heteroatoms. The molecular formula is C22H24N2S. The van der Waals surface area contributed by atoms with Crippen molar-refractivity contribution in [2.24, 2.45) is 5.92 Å². The molecule has 2 aromatic heterocycles. The SMILES string of the molecule is C1=C(c2cccs2)CCN(CC2CCc3[nH]c4ccccc4c3C2)C1. The maximum Gasteiger partial charge on any atom is 0.0458 e. The van der Waals surface area contributed by atoms with E-state index in [9.17, 15) is 0 Å². The first kappa shape index (κ1) is 15.4. The molecule has 0 saturated carbocycles. The van der Waals surface area contributed by atoms with E-state index in [1.807, 2.05) is 11.3 Å². The third-order valence-corrected chi connectivity index (χ3v) is 6.79. The molecule has 3 aromatic rings. The summed E-state index contributed by atoms with van der Waals surface area (Å²) >= 11 is 1.87. The van der Waals surface area contributed by atoms with Gasteiger partial charge in [-0.15, -0.1) is 11.3 Å². The molecule has 0 spiro atoms. The molecule has 0 amide bonds. The predicted molar refractivity (Wildman–Crippen MR) is 107 cm³/mol. The van der Waals surface area contributed by atoms with Crippen LogP contribution in [0.15, 0.2) is 47.9 Å². The van der Waals surface area contributed by atoms with Crippen molar-refractivity contribution in [3.05, 3.63) is 64.0 Å². The molecule has 0 saturated heterocycles. The minimum atomic E-state index is 0.795. The number of nitrogens with one attached hydrogen (secondary N) is 1. The molecule has 25 heavy (non-hydrogen) atoms. The Labute approximate surface area is 153 Å². The molecule has 1 aromatic carbocycles. The van der Waals surface area contributed by atoms with Gasteiger partial charge >= 0.3 is 0 Å². The lowest BCUT2D eigenvalue weighted by Crippen LogP contribution is -2.35. The second-order valence-corrected chi connectivity index (χ2v) is 8.40. The standard InChI is InChI=1S/C22H24N2S/c1-2-5-20-18(4-1)19-14-16(7-8-21(19)23-20)15-24-11-9-17(10-12-24)22-6-3-13-25-22/h1-6,9,13,16,23H,7-8,10-12,14-15H2. The fraction of sp³-hybridized carbons (Fsp3) is 0.364. The summed E-state index contributed by atoms with van der Waals surface area (Å²) < 4.78 is 0. The van der Waals surface area contributed by atoms with Crippen LogP contribution in [-0.4, -0.2) is 29.5 Å². The van der Waals surface area contributed by atoms with Crippen LogP contribution in [0.5, 0.6) is 0 Å². The monoisotopic (exact) mass is 348 g/mol. The van der Waals surface area contributed by atoms with Crippen LogP contribution in [0.3, 0.4) is 0 Å². The van der Waals surface area contributed by atoms with Crippen LogP contribution in [0.4, 0.5) is 0 Å². The van der Waals surface area contributed by atoms with E-state index in [-0.39, 0.29) is 0 Å². The molecule has 1 atom stereocenters. The van der Waals surface area contributed by atoms with E-state index in [1.54, 1.807) is 11.1 Å². The van der Waals surface area contributed by atoms with Crippen molar-refractivity contribution in [2.75, 3.05) is 19.6 Å². The number of fused-ring (bicyclic) bond motifs is 3. The largest absolute Gasteiger partial charge is 0.358 e. The molecule has 1 aliphatic carbocycles. The smallest absolute Gasteiger partial charge is 0.0458 e. The highest BCUT2D eigenvalue weighted by atomic mass is 32.1. The molecule has 3 heterocycles. The molecule has 0 fully saturated rings. The van der Waals surface area contributed by atoms with Gasteiger partial charge in [-0.05, 0) is 60.3 Å². The average Bonchev–Trinajstić information content (AvgIpc) is 3.30. The summed E-state index contributed by atoms with van der Waals surface area (Å²) in [5.41, 5.74) is 5.93. The first-order valence-corrected chi connectivity index (χ1v) is 10.3. The molecule has 2 aliphatic rings. The molecule has 1 aliphatic heterocycles. The van der Waals surface area contributed by atoms with E-state index < -0.39 is 0 Å². The minimum Gasteiger partial charge on any atom is -0.358 e. The van der Waals surface area contributed by atoms with Crippen LogP contribution in [0, 0.1) is 5.92 Å². The van der Waals surface area contributed by atoms with Gasteiger partial charge in [-0.25, -0.2) is 0 Å². The summed E-state index contributed by atoms with van der Waals surface area (Å²) in [4.78, 5) is 7.75. The Kier molecular flexibility index (Phi) is 3.99. The summed E-state index contributed by atoms with van der Waals surface area (Å²) in [5, 5.41) is 3.63. The molecule has 5 rings (SSSR count). The van der Waals surface area contributed by atoms with Gasteiger partial charge in [0.15, 0.2) is 0 Å². The Morgan fingerprint density at radius 2 is 2.08 bits per heavy atom. The van der Waals surface area contributed by atoms with E-state index in [1.165, 1.54) is 60.2 Å². The van der Waals surface area contributed by atoms with Crippen LogP contribution in [0.2, 0.25) is 0 Å². The lowest BCUT2D eigenvalue weighted by atomic mass is 9.86. The van der Waals surface area contributed by atoms with Crippen molar-refractivity contribution in [3.8, 4) is 0 Å². The summed E-state index contributed by atoms with van der Waals surface area (Å²) in [7, 11) is 0. The maximum absolute atomic E-state index is 3.64. The van der Waals surface area contributed by atoms with Crippen molar-refractivity contribution in [1.82, 2.24) is 9.88 Å². The van der Waals surface area contributed by atoms with E-state index in [0.717, 1.165) is 12.5 Å². The Bertz CT molecular complexity index is 903. The number of aryl methyl sites for hydroxylation is 1. The van der Waals surface area contributed by atoms with Crippen LogP contribution in [-0.2, 0) is 12.8 Å². The Morgan fingerprint density at radius 3 is 2.92 bits per heavy atom. The number of H-pyrrole nitrogens is 1. The molecule has 0 radical (unpaired) electrons. The van der Waals surface area contributed by atoms with Crippen molar-refractivity contribution >= 4 is 27.8 Å². The highest BCUT2D eigenvalue weighted by Crippen LogP contribution is 2.33. The second kappa shape index (κ2) is 6.47. The Hall–Kier alpha value is -1.84. The van der Waals surface area contributed by atoms with Crippen molar-refractivity contribution < 1.29 is 0 Å². The lowest BCUT2D eigenvalue weighted by Gasteiger charge is -2.31. The number of hydrogen-bond donors (Lipinski definition) is 1. The van der Waals surface area contributed by atoms with Crippen LogP contribution < -0.4 is 0 Å². The number of rotatable bonds is 3. The normalized spacial score (nSPS) is 21.3. The molecule has 2 nitrogen and oxygen atoms in total. The zero-order valence-corrected chi connectivity index (χ0v) is 15.3. The molecule has 1 N–H and O–H groups in total. The lowest BCUT2D eigenvalue weighted by molar-refractivity contribution is 0.238. The Balaban J connectivity index is 1.27. The summed E-state index contributed by atoms with van der Waals surface area (Å²) in [6.07, 6.45) is 7.41. The summed E-state index contributed by atoms with van der Waals surface area (Å²) in [6.45, 7) is 3.57. The van der Waals surface area contributed by atoms with Gasteiger partial charge in [0.1, 0.15) is 0 Å². The third-order valence-electron chi connectivity index (χ3n) is 5.84. The molecule has 128 valence electrons. The van der Waals surface area contributed by atoms with Gasteiger partial charge in [-0.2, -0.15) is 0 Å². The van der Waals surface area contributed by atoms with Crippen molar-refractivity contribution in [3.63, 3.8) is 0 Å². The second-order valence-electron chi connectivity index (χ2n) is 7.45. The van der Waals surface area contributed by atoms with Gasteiger partial charge in [0.25, 0.3) is 0 Å². The van der Waals surface area contributed by atoms with E-state index in [0.29, 0.717) is 0 Å². The van der Waals surface area contributed by atoms with E-state index >= 15 is 0 Å². The predicted octanol–water partition coefficient (Wildman–Crippen LogP) is 5.12. The maximum atomic E-state index is 3.64. The number of aromatic nitrogens is 1. The van der Waals surface area contributed by atoms with Crippen molar-refractivity contribution in [2.45, 2.75) is 25.7 Å². The highest BCUT2D eigenvalue weighted by Gasteiger charge is 2.24. The van der Waals surface area contributed by atoms with Gasteiger partial charge in [-0.3, -0.25) is 4.90 Å². The Morgan fingerprint density at radius 1 is 1.12 bits per heavy atom. The molecule has 1 unspecified atom stereocenters. The summed E-state index contributed by atoms with van der Waals surface area (Å²) in [6, 6.07) is 13.2. The topological polar surface area (TPSA) is 19.0 Å². The zero-order valence-electron chi connectivity index (χ0n) is 14.5. The molecule has 0 bridgehead atoms. The minimum absolute atomic E-state index is 0.795. The number of benzene rings is 1. The van der Waals surface area contributed by atoms with E-state index in [2.05, 4.69) is 57.7 Å². The quantitative estimate of drug-likeness (QED) is 0.696. The first-order valence-electron chi connectivity index (χ1n) is 9.40.